The van der Waals surface area contributed by atoms with Crippen LogP contribution in [-0.4, -0.2) is 79.5 Å². The van der Waals surface area contributed by atoms with Crippen molar-refractivity contribution in [3.05, 3.63) is 18.5 Å². The summed E-state index contributed by atoms with van der Waals surface area (Å²) in [7, 11) is -3.25. The molecule has 3 fully saturated rings. The zero-order valence-electron chi connectivity index (χ0n) is 13.5. The smallest absolute Gasteiger partial charge is 0.225 e. The number of nitrogens with zero attached hydrogens (tertiary/aromatic N) is 4. The van der Waals surface area contributed by atoms with E-state index in [2.05, 4.69) is 9.97 Å². The van der Waals surface area contributed by atoms with E-state index in [1.165, 1.54) is 0 Å². The van der Waals surface area contributed by atoms with E-state index in [1.54, 1.807) is 22.8 Å². The normalized spacial score (nSPS) is 29.6. The summed E-state index contributed by atoms with van der Waals surface area (Å²) in [6, 6.07) is 1.78. The predicted molar refractivity (Wildman–Crippen MR) is 87.3 cm³/mol. The van der Waals surface area contributed by atoms with Crippen LogP contribution in [0, 0.1) is 0 Å². The Labute approximate surface area is 141 Å². The summed E-state index contributed by atoms with van der Waals surface area (Å²) in [5, 5.41) is -0.218. The molecule has 0 N–H and O–H groups in total. The fourth-order valence-electron chi connectivity index (χ4n) is 3.32. The van der Waals surface area contributed by atoms with Crippen molar-refractivity contribution in [3.8, 4) is 0 Å². The zero-order valence-corrected chi connectivity index (χ0v) is 14.3. The molecule has 24 heavy (non-hydrogen) atoms. The first-order valence-electron chi connectivity index (χ1n) is 8.32. The minimum Gasteiger partial charge on any atom is -0.377 e. The van der Waals surface area contributed by atoms with E-state index < -0.39 is 15.6 Å². The molecule has 4 rings (SSSR count). The second-order valence-electron chi connectivity index (χ2n) is 6.63. The maximum Gasteiger partial charge on any atom is 0.225 e. The second-order valence-corrected chi connectivity index (χ2v) is 8.85. The van der Waals surface area contributed by atoms with Gasteiger partial charge < -0.3 is 14.4 Å². The highest BCUT2D eigenvalue weighted by atomic mass is 32.2. The van der Waals surface area contributed by atoms with Crippen LogP contribution in [-0.2, 0) is 19.5 Å². The van der Waals surface area contributed by atoms with Crippen LogP contribution in [0.25, 0.3) is 0 Å². The van der Waals surface area contributed by atoms with Gasteiger partial charge in [-0.2, -0.15) is 4.31 Å². The summed E-state index contributed by atoms with van der Waals surface area (Å²) in [6.07, 6.45) is 4.94. The number of aromatic nitrogens is 2. The third kappa shape index (κ3) is 3.13. The Kier molecular flexibility index (Phi) is 4.19. The van der Waals surface area contributed by atoms with Gasteiger partial charge >= 0.3 is 0 Å². The van der Waals surface area contributed by atoms with E-state index in [0.29, 0.717) is 51.9 Å². The van der Waals surface area contributed by atoms with E-state index in [4.69, 9.17) is 9.47 Å². The third-order valence-corrected chi connectivity index (χ3v) is 7.05. The SMILES string of the molecule is O=S(=O)(C1CC1)N1CCOC[C@]2(CN(c3ncccn3)CCO2)C1. The lowest BCUT2D eigenvalue weighted by Gasteiger charge is -2.43. The van der Waals surface area contributed by atoms with Gasteiger partial charge in [0.05, 0.1) is 31.6 Å². The second kappa shape index (κ2) is 6.21. The Bertz CT molecular complexity index is 682. The molecule has 0 radical (unpaired) electrons. The molecule has 1 aromatic heterocycles. The topological polar surface area (TPSA) is 84.9 Å². The van der Waals surface area contributed by atoms with E-state index in [9.17, 15) is 8.42 Å². The molecule has 9 heteroatoms. The number of ether oxygens (including phenoxy) is 2. The van der Waals surface area contributed by atoms with E-state index >= 15 is 0 Å². The highest BCUT2D eigenvalue weighted by Crippen LogP contribution is 2.33. The van der Waals surface area contributed by atoms with Crippen LogP contribution in [0.4, 0.5) is 5.95 Å². The minimum atomic E-state index is -3.25. The van der Waals surface area contributed by atoms with Gasteiger partial charge in [-0.3, -0.25) is 0 Å². The van der Waals surface area contributed by atoms with Gasteiger partial charge in [0.1, 0.15) is 5.60 Å². The van der Waals surface area contributed by atoms with Crippen molar-refractivity contribution in [2.45, 2.75) is 23.7 Å². The molecule has 0 amide bonds. The van der Waals surface area contributed by atoms with Gasteiger partial charge in [0.15, 0.2) is 0 Å². The fraction of sp³-hybridized carbons (Fsp3) is 0.733. The van der Waals surface area contributed by atoms with Crippen LogP contribution in [0.1, 0.15) is 12.8 Å². The molecule has 0 bridgehead atoms. The molecule has 3 aliphatic rings. The lowest BCUT2D eigenvalue weighted by molar-refractivity contribution is -0.0956. The lowest BCUT2D eigenvalue weighted by Crippen LogP contribution is -2.60. The summed E-state index contributed by atoms with van der Waals surface area (Å²) in [4.78, 5) is 10.6. The van der Waals surface area contributed by atoms with Gasteiger partial charge in [-0.05, 0) is 18.9 Å². The zero-order chi connectivity index (χ0) is 16.6. The molecule has 0 aromatic carbocycles. The molecular weight excluding hydrogens is 332 g/mol. The number of anilines is 1. The molecular formula is C15H22N4O4S. The molecule has 1 saturated carbocycles. The van der Waals surface area contributed by atoms with E-state index in [0.717, 1.165) is 12.8 Å². The molecule has 2 saturated heterocycles. The van der Waals surface area contributed by atoms with E-state index in [1.807, 2.05) is 4.90 Å². The number of morpholine rings is 1. The van der Waals surface area contributed by atoms with Gasteiger partial charge in [-0.1, -0.05) is 0 Å². The summed E-state index contributed by atoms with van der Waals surface area (Å²) in [5.74, 6) is 0.640. The Morgan fingerprint density at radius 1 is 1.12 bits per heavy atom. The van der Waals surface area contributed by atoms with Crippen molar-refractivity contribution in [2.24, 2.45) is 0 Å². The molecule has 1 atom stereocenters. The molecule has 0 unspecified atom stereocenters. The number of hydrogen-bond acceptors (Lipinski definition) is 7. The largest absolute Gasteiger partial charge is 0.377 e. The average Bonchev–Trinajstić information content (AvgIpc) is 3.44. The first kappa shape index (κ1) is 16.2. The van der Waals surface area contributed by atoms with Crippen molar-refractivity contribution < 1.29 is 17.9 Å². The predicted octanol–water partition coefficient (Wildman–Crippen LogP) is -0.124. The van der Waals surface area contributed by atoms with Crippen molar-refractivity contribution in [1.82, 2.24) is 14.3 Å². The van der Waals surface area contributed by atoms with Gasteiger partial charge in [0.2, 0.25) is 16.0 Å². The van der Waals surface area contributed by atoms with Gasteiger partial charge in [0.25, 0.3) is 0 Å². The maximum atomic E-state index is 12.7. The average molecular weight is 354 g/mol. The van der Waals surface area contributed by atoms with Crippen LogP contribution >= 0.6 is 0 Å². The fourth-order valence-corrected chi connectivity index (χ4v) is 5.22. The summed E-state index contributed by atoms with van der Waals surface area (Å²) in [6.45, 7) is 3.21. The summed E-state index contributed by atoms with van der Waals surface area (Å²) in [5.41, 5.74) is -0.671. The van der Waals surface area contributed by atoms with Crippen molar-refractivity contribution in [3.63, 3.8) is 0 Å². The van der Waals surface area contributed by atoms with Crippen molar-refractivity contribution >= 4 is 16.0 Å². The van der Waals surface area contributed by atoms with Crippen LogP contribution < -0.4 is 4.90 Å². The Morgan fingerprint density at radius 2 is 1.92 bits per heavy atom. The maximum absolute atomic E-state index is 12.7. The number of hydrogen-bond donors (Lipinski definition) is 0. The Morgan fingerprint density at radius 3 is 2.67 bits per heavy atom. The molecule has 132 valence electrons. The Hall–Kier alpha value is -1.29. The van der Waals surface area contributed by atoms with Crippen LogP contribution in [0.15, 0.2) is 18.5 Å². The summed E-state index contributed by atoms with van der Waals surface area (Å²) >= 11 is 0. The molecule has 1 aromatic rings. The monoisotopic (exact) mass is 354 g/mol. The molecule has 3 heterocycles. The molecule has 8 nitrogen and oxygen atoms in total. The highest BCUT2D eigenvalue weighted by molar-refractivity contribution is 7.90. The van der Waals surface area contributed by atoms with E-state index in [-0.39, 0.29) is 5.25 Å². The van der Waals surface area contributed by atoms with Crippen molar-refractivity contribution in [2.75, 3.05) is 50.9 Å². The first-order chi connectivity index (χ1) is 11.6. The van der Waals surface area contributed by atoms with Crippen LogP contribution in [0.5, 0.6) is 0 Å². The van der Waals surface area contributed by atoms with Crippen molar-refractivity contribution in [1.29, 1.82) is 0 Å². The molecule has 2 aliphatic heterocycles. The van der Waals surface area contributed by atoms with Gasteiger partial charge in [0, 0.05) is 32.0 Å². The lowest BCUT2D eigenvalue weighted by atomic mass is 10.0. The first-order valence-corrected chi connectivity index (χ1v) is 9.82. The number of rotatable bonds is 3. The third-order valence-electron chi connectivity index (χ3n) is 4.70. The van der Waals surface area contributed by atoms with Crippen LogP contribution in [0.3, 0.4) is 0 Å². The highest BCUT2D eigenvalue weighted by Gasteiger charge is 2.47. The standard InChI is InChI=1S/C15H22N4O4S/c20-24(21,13-2-3-13)19-7-8-22-12-15(11-19)10-18(6-9-23-15)14-16-4-1-5-17-14/h1,4-5,13H,2-3,6-12H2/t15-/m0/s1. The summed E-state index contributed by atoms with van der Waals surface area (Å²) < 4.78 is 38.6. The van der Waals surface area contributed by atoms with Gasteiger partial charge in [-0.15, -0.1) is 0 Å². The molecule has 1 spiro atoms. The Balaban J connectivity index is 1.56. The molecule has 1 aliphatic carbocycles. The minimum absolute atomic E-state index is 0.218. The van der Waals surface area contributed by atoms with Gasteiger partial charge in [-0.25, -0.2) is 18.4 Å². The number of sulfonamides is 1. The quantitative estimate of drug-likeness (QED) is 0.748. The van der Waals surface area contributed by atoms with Crippen LogP contribution in [0.2, 0.25) is 0 Å².